The predicted molar refractivity (Wildman–Crippen MR) is 87.3 cm³/mol. The van der Waals surface area contributed by atoms with Gasteiger partial charge in [-0.2, -0.15) is 0 Å². The number of hydrogen-bond donors (Lipinski definition) is 2. The van der Waals surface area contributed by atoms with Gasteiger partial charge in [-0.3, -0.25) is 9.69 Å². The summed E-state index contributed by atoms with van der Waals surface area (Å²) >= 11 is 0. The van der Waals surface area contributed by atoms with Crippen molar-refractivity contribution in [2.24, 2.45) is 0 Å². The number of nitrogens with one attached hydrogen (secondary N) is 2. The zero-order valence-corrected chi connectivity index (χ0v) is 13.4. The standard InChI is InChI=1S/C17H25N3O/c1-5-16(20(4)6-2)17(21)18-11-13-7-8-15-14(10-13)9-12(3)19-15/h7-10,16,19H,5-6,11H2,1-4H3,(H,18,21). The van der Waals surface area contributed by atoms with Crippen LogP contribution in [0.1, 0.15) is 31.5 Å². The molecule has 4 heteroatoms. The second-order valence-electron chi connectivity index (χ2n) is 5.59. The van der Waals surface area contributed by atoms with Crippen molar-refractivity contribution in [3.05, 3.63) is 35.5 Å². The summed E-state index contributed by atoms with van der Waals surface area (Å²) in [7, 11) is 1.99. The van der Waals surface area contributed by atoms with Crippen molar-refractivity contribution in [2.75, 3.05) is 13.6 Å². The van der Waals surface area contributed by atoms with Crippen molar-refractivity contribution in [2.45, 2.75) is 39.8 Å². The zero-order chi connectivity index (χ0) is 15.4. The number of nitrogens with zero attached hydrogens (tertiary/aromatic N) is 1. The van der Waals surface area contributed by atoms with E-state index in [1.54, 1.807) is 0 Å². The van der Waals surface area contributed by atoms with E-state index in [0.29, 0.717) is 6.54 Å². The van der Waals surface area contributed by atoms with Crippen LogP contribution in [0.4, 0.5) is 0 Å². The van der Waals surface area contributed by atoms with Gasteiger partial charge in [0, 0.05) is 17.8 Å². The number of carbonyl (C=O) groups excluding carboxylic acids is 1. The average Bonchev–Trinajstić information content (AvgIpc) is 2.84. The Labute approximate surface area is 126 Å². The van der Waals surface area contributed by atoms with E-state index < -0.39 is 0 Å². The van der Waals surface area contributed by atoms with Crippen LogP contribution in [0.2, 0.25) is 0 Å². The molecule has 0 saturated carbocycles. The van der Waals surface area contributed by atoms with Gasteiger partial charge in [-0.05, 0) is 56.1 Å². The van der Waals surface area contributed by atoms with E-state index in [1.807, 2.05) is 20.9 Å². The summed E-state index contributed by atoms with van der Waals surface area (Å²) in [4.78, 5) is 17.6. The first kappa shape index (κ1) is 15.6. The lowest BCUT2D eigenvalue weighted by molar-refractivity contribution is -0.126. The van der Waals surface area contributed by atoms with Crippen LogP contribution >= 0.6 is 0 Å². The molecule has 2 rings (SSSR count). The predicted octanol–water partition coefficient (Wildman–Crippen LogP) is 2.82. The molecule has 1 unspecified atom stereocenters. The van der Waals surface area contributed by atoms with E-state index in [4.69, 9.17) is 0 Å². The smallest absolute Gasteiger partial charge is 0.237 e. The Hall–Kier alpha value is -1.81. The van der Waals surface area contributed by atoms with Crippen LogP contribution in [0, 0.1) is 6.92 Å². The van der Waals surface area contributed by atoms with Crippen molar-refractivity contribution in [3.63, 3.8) is 0 Å². The fourth-order valence-corrected chi connectivity index (χ4v) is 2.66. The maximum atomic E-state index is 12.3. The first-order valence-electron chi connectivity index (χ1n) is 7.61. The highest BCUT2D eigenvalue weighted by Crippen LogP contribution is 2.16. The third-order valence-electron chi connectivity index (χ3n) is 4.01. The molecule has 0 fully saturated rings. The van der Waals surface area contributed by atoms with E-state index >= 15 is 0 Å². The number of aromatic amines is 1. The molecule has 0 aliphatic heterocycles. The quantitative estimate of drug-likeness (QED) is 0.858. The van der Waals surface area contributed by atoms with Crippen LogP contribution in [0.3, 0.4) is 0 Å². The maximum absolute atomic E-state index is 12.3. The van der Waals surface area contributed by atoms with E-state index in [1.165, 1.54) is 5.39 Å². The van der Waals surface area contributed by atoms with E-state index in [9.17, 15) is 4.79 Å². The van der Waals surface area contributed by atoms with Crippen molar-refractivity contribution in [1.82, 2.24) is 15.2 Å². The molecule has 0 radical (unpaired) electrons. The molecule has 0 aliphatic rings. The second-order valence-corrected chi connectivity index (χ2v) is 5.59. The number of aryl methyl sites for hydroxylation is 1. The van der Waals surface area contributed by atoms with E-state index in [-0.39, 0.29) is 11.9 Å². The van der Waals surface area contributed by atoms with Crippen LogP contribution in [-0.2, 0) is 11.3 Å². The molecule has 0 aliphatic carbocycles. The minimum atomic E-state index is -0.0479. The summed E-state index contributed by atoms with van der Waals surface area (Å²) in [5.74, 6) is 0.104. The molecule has 0 saturated heterocycles. The van der Waals surface area contributed by atoms with Crippen LogP contribution in [0.5, 0.6) is 0 Å². The van der Waals surface area contributed by atoms with Gasteiger partial charge in [-0.15, -0.1) is 0 Å². The number of H-pyrrole nitrogens is 1. The van der Waals surface area contributed by atoms with Crippen LogP contribution < -0.4 is 5.32 Å². The molecule has 1 aromatic heterocycles. The Morgan fingerprint density at radius 1 is 1.33 bits per heavy atom. The van der Waals surface area contributed by atoms with Crippen LogP contribution in [0.25, 0.3) is 10.9 Å². The summed E-state index contributed by atoms with van der Waals surface area (Å²) in [6, 6.07) is 8.33. The molecule has 0 spiro atoms. The summed E-state index contributed by atoms with van der Waals surface area (Å²) < 4.78 is 0. The topological polar surface area (TPSA) is 48.1 Å². The molecule has 2 N–H and O–H groups in total. The molecular weight excluding hydrogens is 262 g/mol. The molecule has 1 aromatic carbocycles. The minimum absolute atomic E-state index is 0.0479. The van der Waals surface area contributed by atoms with Crippen LogP contribution in [0.15, 0.2) is 24.3 Å². The zero-order valence-electron chi connectivity index (χ0n) is 13.4. The van der Waals surface area contributed by atoms with Crippen molar-refractivity contribution < 1.29 is 4.79 Å². The minimum Gasteiger partial charge on any atom is -0.359 e. The first-order valence-corrected chi connectivity index (χ1v) is 7.61. The highest BCUT2D eigenvalue weighted by molar-refractivity contribution is 5.83. The second kappa shape index (κ2) is 6.76. The van der Waals surface area contributed by atoms with E-state index in [2.05, 4.69) is 46.4 Å². The Balaban J connectivity index is 2.01. The Morgan fingerprint density at radius 2 is 2.10 bits per heavy atom. The number of benzene rings is 1. The van der Waals surface area contributed by atoms with Gasteiger partial charge in [0.25, 0.3) is 0 Å². The summed E-state index contributed by atoms with van der Waals surface area (Å²) in [5, 5.41) is 4.24. The number of aromatic nitrogens is 1. The Kier molecular flexibility index (Phi) is 5.02. The SMILES string of the molecule is CCC(C(=O)NCc1ccc2[nH]c(C)cc2c1)N(C)CC. The van der Waals surface area contributed by atoms with Gasteiger partial charge in [0.2, 0.25) is 5.91 Å². The Morgan fingerprint density at radius 3 is 2.76 bits per heavy atom. The summed E-state index contributed by atoms with van der Waals surface area (Å²) in [5.41, 5.74) is 3.42. The van der Waals surface area contributed by atoms with Crippen molar-refractivity contribution in [3.8, 4) is 0 Å². The molecule has 1 amide bonds. The lowest BCUT2D eigenvalue weighted by Crippen LogP contribution is -2.44. The highest BCUT2D eigenvalue weighted by Gasteiger charge is 2.19. The van der Waals surface area contributed by atoms with Gasteiger partial charge < -0.3 is 10.3 Å². The van der Waals surface area contributed by atoms with Gasteiger partial charge in [0.15, 0.2) is 0 Å². The number of hydrogen-bond acceptors (Lipinski definition) is 2. The highest BCUT2D eigenvalue weighted by atomic mass is 16.2. The van der Waals surface area contributed by atoms with Crippen LogP contribution in [-0.4, -0.2) is 35.4 Å². The number of likely N-dealkylation sites (N-methyl/N-ethyl adjacent to an activating group) is 1. The molecule has 2 aromatic rings. The molecule has 21 heavy (non-hydrogen) atoms. The number of rotatable bonds is 6. The lowest BCUT2D eigenvalue weighted by atomic mass is 10.1. The average molecular weight is 287 g/mol. The van der Waals surface area contributed by atoms with Gasteiger partial charge in [0.05, 0.1) is 6.04 Å². The molecule has 0 bridgehead atoms. The van der Waals surface area contributed by atoms with Gasteiger partial charge in [0.1, 0.15) is 0 Å². The molecule has 114 valence electrons. The maximum Gasteiger partial charge on any atom is 0.237 e. The fourth-order valence-electron chi connectivity index (χ4n) is 2.66. The number of amides is 1. The van der Waals surface area contributed by atoms with E-state index in [0.717, 1.165) is 29.7 Å². The van der Waals surface area contributed by atoms with Gasteiger partial charge in [-0.25, -0.2) is 0 Å². The normalized spacial score (nSPS) is 12.8. The first-order chi connectivity index (χ1) is 10.0. The van der Waals surface area contributed by atoms with Gasteiger partial charge in [-0.1, -0.05) is 19.9 Å². The lowest BCUT2D eigenvalue weighted by Gasteiger charge is -2.24. The number of fused-ring (bicyclic) bond motifs is 1. The number of carbonyl (C=O) groups is 1. The summed E-state index contributed by atoms with van der Waals surface area (Å²) in [6.45, 7) is 7.62. The monoisotopic (exact) mass is 287 g/mol. The Bertz CT molecular complexity index is 618. The third kappa shape index (κ3) is 3.64. The third-order valence-corrected chi connectivity index (χ3v) is 4.01. The largest absolute Gasteiger partial charge is 0.359 e. The van der Waals surface area contributed by atoms with Crippen molar-refractivity contribution in [1.29, 1.82) is 0 Å². The fraction of sp³-hybridized carbons (Fsp3) is 0.471. The molecular formula is C17H25N3O. The molecule has 1 heterocycles. The van der Waals surface area contributed by atoms with Crippen molar-refractivity contribution >= 4 is 16.8 Å². The molecule has 4 nitrogen and oxygen atoms in total. The summed E-state index contributed by atoms with van der Waals surface area (Å²) in [6.07, 6.45) is 0.826. The van der Waals surface area contributed by atoms with Gasteiger partial charge >= 0.3 is 0 Å². The molecule has 1 atom stereocenters.